The first-order valence-corrected chi connectivity index (χ1v) is 9.83. The number of fused-ring (bicyclic) bond motifs is 1. The minimum atomic E-state index is -0.439. The van der Waals surface area contributed by atoms with Crippen molar-refractivity contribution in [3.63, 3.8) is 0 Å². The minimum absolute atomic E-state index is 0.0572. The molecule has 9 heteroatoms. The van der Waals surface area contributed by atoms with Crippen LogP contribution < -0.4 is 4.74 Å². The number of methoxy groups -OCH3 is 1. The standard InChI is InChI=1S/C19H22FN5O2S/c1-5-24(10-14-6-7-16(27-4)15(20)9-14)17(26)11-28-19-23-22-18-21-12(2)8-13(3)25(18)19/h6-9H,5,10-11H2,1-4H3. The van der Waals surface area contributed by atoms with Crippen molar-refractivity contribution in [1.29, 1.82) is 0 Å². The molecular weight excluding hydrogens is 381 g/mol. The lowest BCUT2D eigenvalue weighted by atomic mass is 10.2. The molecule has 0 spiro atoms. The summed E-state index contributed by atoms with van der Waals surface area (Å²) < 4.78 is 20.7. The maximum absolute atomic E-state index is 13.9. The zero-order valence-electron chi connectivity index (χ0n) is 16.3. The van der Waals surface area contributed by atoms with Crippen LogP contribution in [-0.4, -0.2) is 49.8 Å². The second-order valence-corrected chi connectivity index (χ2v) is 7.26. The van der Waals surface area contributed by atoms with E-state index in [1.54, 1.807) is 17.0 Å². The summed E-state index contributed by atoms with van der Waals surface area (Å²) in [7, 11) is 1.42. The van der Waals surface area contributed by atoms with Gasteiger partial charge in [-0.1, -0.05) is 17.8 Å². The van der Waals surface area contributed by atoms with Gasteiger partial charge < -0.3 is 9.64 Å². The van der Waals surface area contributed by atoms with Crippen molar-refractivity contribution in [2.24, 2.45) is 0 Å². The normalized spacial score (nSPS) is 11.0. The lowest BCUT2D eigenvalue weighted by Crippen LogP contribution is -2.31. The number of ether oxygens (including phenoxy) is 1. The third-order valence-electron chi connectivity index (χ3n) is 4.31. The summed E-state index contributed by atoms with van der Waals surface area (Å²) in [6.45, 7) is 6.60. The maximum atomic E-state index is 13.9. The van der Waals surface area contributed by atoms with Gasteiger partial charge in [-0.2, -0.15) is 0 Å². The first-order chi connectivity index (χ1) is 13.4. The molecule has 0 saturated heterocycles. The van der Waals surface area contributed by atoms with Crippen LogP contribution in [-0.2, 0) is 11.3 Å². The Morgan fingerprint density at radius 1 is 1.29 bits per heavy atom. The fourth-order valence-corrected chi connectivity index (χ4v) is 3.80. The van der Waals surface area contributed by atoms with E-state index in [-0.39, 0.29) is 17.4 Å². The number of benzene rings is 1. The molecule has 0 aliphatic carbocycles. The van der Waals surface area contributed by atoms with Crippen LogP contribution in [0.3, 0.4) is 0 Å². The topological polar surface area (TPSA) is 72.6 Å². The summed E-state index contributed by atoms with van der Waals surface area (Å²) >= 11 is 1.31. The van der Waals surface area contributed by atoms with E-state index in [1.807, 2.05) is 31.2 Å². The van der Waals surface area contributed by atoms with Crippen molar-refractivity contribution >= 4 is 23.4 Å². The van der Waals surface area contributed by atoms with Gasteiger partial charge in [-0.05, 0) is 44.5 Å². The SMILES string of the molecule is CCN(Cc1ccc(OC)c(F)c1)C(=O)CSc1nnc2nc(C)cc(C)n12. The first-order valence-electron chi connectivity index (χ1n) is 8.85. The molecule has 0 aliphatic rings. The van der Waals surface area contributed by atoms with Gasteiger partial charge in [-0.3, -0.25) is 9.20 Å². The molecule has 2 heterocycles. The van der Waals surface area contributed by atoms with E-state index >= 15 is 0 Å². The Balaban J connectivity index is 1.68. The molecule has 0 bridgehead atoms. The molecule has 3 aromatic rings. The number of amides is 1. The Morgan fingerprint density at radius 3 is 2.75 bits per heavy atom. The number of rotatable bonds is 7. The molecule has 0 N–H and O–H groups in total. The molecular formula is C19H22FN5O2S. The zero-order valence-corrected chi connectivity index (χ0v) is 17.1. The third kappa shape index (κ3) is 4.24. The molecule has 148 valence electrons. The number of nitrogens with zero attached hydrogens (tertiary/aromatic N) is 5. The van der Waals surface area contributed by atoms with Gasteiger partial charge in [0.05, 0.1) is 12.9 Å². The van der Waals surface area contributed by atoms with Crippen molar-refractivity contribution in [1.82, 2.24) is 24.5 Å². The molecule has 0 unspecified atom stereocenters. The van der Waals surface area contributed by atoms with Gasteiger partial charge in [0.1, 0.15) is 0 Å². The van der Waals surface area contributed by atoms with Crippen molar-refractivity contribution < 1.29 is 13.9 Å². The predicted octanol–water partition coefficient (Wildman–Crippen LogP) is 3.03. The van der Waals surface area contributed by atoms with Crippen molar-refractivity contribution in [2.75, 3.05) is 19.4 Å². The number of hydrogen-bond acceptors (Lipinski definition) is 6. The van der Waals surface area contributed by atoms with Crippen LogP contribution in [0.4, 0.5) is 4.39 Å². The van der Waals surface area contributed by atoms with Crippen molar-refractivity contribution in [3.8, 4) is 5.75 Å². The zero-order chi connectivity index (χ0) is 20.3. The van der Waals surface area contributed by atoms with Gasteiger partial charge in [0.25, 0.3) is 5.78 Å². The number of thioether (sulfide) groups is 1. The fraction of sp³-hybridized carbons (Fsp3) is 0.368. The molecule has 2 aromatic heterocycles. The van der Waals surface area contributed by atoms with E-state index in [0.29, 0.717) is 29.6 Å². The molecule has 1 aromatic carbocycles. The van der Waals surface area contributed by atoms with Crippen LogP contribution in [0.15, 0.2) is 29.4 Å². The molecule has 1 amide bonds. The number of carbonyl (C=O) groups is 1. The lowest BCUT2D eigenvalue weighted by molar-refractivity contribution is -0.128. The monoisotopic (exact) mass is 403 g/mol. The molecule has 28 heavy (non-hydrogen) atoms. The number of halogens is 1. The van der Waals surface area contributed by atoms with E-state index in [4.69, 9.17) is 4.74 Å². The highest BCUT2D eigenvalue weighted by Gasteiger charge is 2.17. The Morgan fingerprint density at radius 2 is 2.07 bits per heavy atom. The summed E-state index contributed by atoms with van der Waals surface area (Å²) in [5, 5.41) is 8.85. The van der Waals surface area contributed by atoms with Crippen LogP contribution in [0.2, 0.25) is 0 Å². The average molecular weight is 403 g/mol. The Kier molecular flexibility index (Phi) is 6.13. The second-order valence-electron chi connectivity index (χ2n) is 6.32. The quantitative estimate of drug-likeness (QED) is 0.565. The minimum Gasteiger partial charge on any atom is -0.494 e. The Bertz CT molecular complexity index is 1010. The lowest BCUT2D eigenvalue weighted by Gasteiger charge is -2.21. The number of aromatic nitrogens is 4. The molecule has 7 nitrogen and oxygen atoms in total. The predicted molar refractivity (Wildman–Crippen MR) is 105 cm³/mol. The van der Waals surface area contributed by atoms with Gasteiger partial charge in [-0.25, -0.2) is 9.37 Å². The van der Waals surface area contributed by atoms with Crippen LogP contribution >= 0.6 is 11.8 Å². The summed E-state index contributed by atoms with van der Waals surface area (Å²) in [5.41, 5.74) is 2.54. The highest BCUT2D eigenvalue weighted by Crippen LogP contribution is 2.21. The summed E-state index contributed by atoms with van der Waals surface area (Å²) in [6.07, 6.45) is 0. The highest BCUT2D eigenvalue weighted by atomic mass is 32.2. The molecule has 3 rings (SSSR count). The maximum Gasteiger partial charge on any atom is 0.256 e. The van der Waals surface area contributed by atoms with E-state index in [1.165, 1.54) is 24.9 Å². The molecule has 0 radical (unpaired) electrons. The first kappa shape index (κ1) is 20.1. The van der Waals surface area contributed by atoms with Gasteiger partial charge >= 0.3 is 0 Å². The summed E-state index contributed by atoms with van der Waals surface area (Å²) in [6, 6.07) is 6.66. The number of hydrogen-bond donors (Lipinski definition) is 0. The number of aryl methyl sites for hydroxylation is 2. The average Bonchev–Trinajstić information content (AvgIpc) is 3.07. The highest BCUT2D eigenvalue weighted by molar-refractivity contribution is 7.99. The van der Waals surface area contributed by atoms with Gasteiger partial charge in [0, 0.05) is 24.5 Å². The van der Waals surface area contributed by atoms with Gasteiger partial charge in [0.2, 0.25) is 5.91 Å². The summed E-state index contributed by atoms with van der Waals surface area (Å²) in [4.78, 5) is 18.7. The van der Waals surface area contributed by atoms with Crippen LogP contribution in [0.5, 0.6) is 5.75 Å². The number of carbonyl (C=O) groups excluding carboxylic acids is 1. The van der Waals surface area contributed by atoms with Crippen LogP contribution in [0.1, 0.15) is 23.9 Å². The third-order valence-corrected chi connectivity index (χ3v) is 5.23. The molecule has 0 atom stereocenters. The van der Waals surface area contributed by atoms with E-state index < -0.39 is 5.82 Å². The van der Waals surface area contributed by atoms with Crippen molar-refractivity contribution in [3.05, 3.63) is 47.0 Å². The van der Waals surface area contributed by atoms with E-state index in [0.717, 1.165) is 11.4 Å². The largest absolute Gasteiger partial charge is 0.494 e. The van der Waals surface area contributed by atoms with Gasteiger partial charge in [0.15, 0.2) is 16.7 Å². The smallest absolute Gasteiger partial charge is 0.256 e. The van der Waals surface area contributed by atoms with Crippen LogP contribution in [0.25, 0.3) is 5.78 Å². The van der Waals surface area contributed by atoms with E-state index in [9.17, 15) is 9.18 Å². The Labute approximate surface area is 166 Å². The van der Waals surface area contributed by atoms with Crippen molar-refractivity contribution in [2.45, 2.75) is 32.5 Å². The van der Waals surface area contributed by atoms with Gasteiger partial charge in [-0.15, -0.1) is 10.2 Å². The fourth-order valence-electron chi connectivity index (χ4n) is 2.92. The molecule has 0 saturated carbocycles. The summed E-state index contributed by atoms with van der Waals surface area (Å²) in [5.74, 6) is 0.421. The Hall–Kier alpha value is -2.68. The van der Waals surface area contributed by atoms with E-state index in [2.05, 4.69) is 15.2 Å². The second kappa shape index (κ2) is 8.55. The van der Waals surface area contributed by atoms with Crippen LogP contribution in [0, 0.1) is 19.7 Å². The molecule has 0 fully saturated rings. The molecule has 0 aliphatic heterocycles.